The SMILES string of the molecule is CCCCCCCC/C=C\CCCCCCCCCC(=O)OC(COC(=O)CCCCCCC/C=C\CCCCCCCCC)COC(=O)CCCCCCCCCCCCCCCCCCCCC. The van der Waals surface area contributed by atoms with Gasteiger partial charge in [0.1, 0.15) is 13.2 Å². The van der Waals surface area contributed by atoms with Gasteiger partial charge < -0.3 is 14.2 Å². The first kappa shape index (κ1) is 67.9. The maximum atomic E-state index is 12.9. The molecule has 0 rings (SSSR count). The van der Waals surface area contributed by atoms with Gasteiger partial charge in [0.25, 0.3) is 0 Å². The molecule has 0 aliphatic rings. The summed E-state index contributed by atoms with van der Waals surface area (Å²) in [6, 6.07) is 0. The van der Waals surface area contributed by atoms with E-state index >= 15 is 0 Å². The quantitative estimate of drug-likeness (QED) is 0.0261. The van der Waals surface area contributed by atoms with Crippen molar-refractivity contribution in [1.82, 2.24) is 0 Å². The van der Waals surface area contributed by atoms with Gasteiger partial charge in [0.2, 0.25) is 0 Å². The molecular weight excluding hydrogens is 865 g/mol. The summed E-state index contributed by atoms with van der Waals surface area (Å²) in [6.07, 6.45) is 70.3. The number of esters is 3. The Hall–Kier alpha value is -2.11. The minimum atomic E-state index is -0.774. The summed E-state index contributed by atoms with van der Waals surface area (Å²) in [5, 5.41) is 0. The number of allylic oxidation sites excluding steroid dienone is 4. The van der Waals surface area contributed by atoms with Crippen molar-refractivity contribution in [3.8, 4) is 0 Å². The number of carbonyl (C=O) groups is 3. The summed E-state index contributed by atoms with van der Waals surface area (Å²) >= 11 is 0. The number of hydrogen-bond donors (Lipinski definition) is 0. The molecule has 6 heteroatoms. The third kappa shape index (κ3) is 56.8. The fraction of sp³-hybridized carbons (Fsp3) is 0.891. The van der Waals surface area contributed by atoms with Crippen molar-refractivity contribution >= 4 is 17.9 Å². The predicted octanol–water partition coefficient (Wildman–Crippen LogP) is 21.1. The molecule has 0 fully saturated rings. The van der Waals surface area contributed by atoms with Crippen LogP contribution in [0, 0.1) is 0 Å². The van der Waals surface area contributed by atoms with Crippen LogP contribution in [0.3, 0.4) is 0 Å². The zero-order valence-corrected chi connectivity index (χ0v) is 47.3. The average Bonchev–Trinajstić information content (AvgIpc) is 3.36. The van der Waals surface area contributed by atoms with Crippen LogP contribution in [0.5, 0.6) is 0 Å². The molecule has 0 saturated carbocycles. The van der Waals surface area contributed by atoms with Crippen LogP contribution in [0.25, 0.3) is 0 Å². The van der Waals surface area contributed by atoms with E-state index in [1.807, 2.05) is 0 Å². The zero-order valence-electron chi connectivity index (χ0n) is 47.3. The predicted molar refractivity (Wildman–Crippen MR) is 303 cm³/mol. The molecule has 0 bridgehead atoms. The molecule has 0 aromatic carbocycles. The molecule has 1 unspecified atom stereocenters. The van der Waals surface area contributed by atoms with Crippen molar-refractivity contribution in [3.63, 3.8) is 0 Å². The lowest BCUT2D eigenvalue weighted by Crippen LogP contribution is -2.30. The lowest BCUT2D eigenvalue weighted by atomic mass is 10.0. The maximum Gasteiger partial charge on any atom is 0.306 e. The monoisotopic (exact) mass is 985 g/mol. The van der Waals surface area contributed by atoms with Crippen molar-refractivity contribution in [2.24, 2.45) is 0 Å². The molecule has 0 aliphatic carbocycles. The van der Waals surface area contributed by atoms with E-state index in [2.05, 4.69) is 45.1 Å². The Labute approximate surface area is 436 Å². The van der Waals surface area contributed by atoms with Crippen molar-refractivity contribution < 1.29 is 28.6 Å². The second-order valence-corrected chi connectivity index (χ2v) is 21.3. The Bertz CT molecular complexity index is 1130. The Kier molecular flexibility index (Phi) is 57.7. The van der Waals surface area contributed by atoms with E-state index in [0.29, 0.717) is 19.3 Å². The van der Waals surface area contributed by atoms with Crippen LogP contribution in [0.4, 0.5) is 0 Å². The molecule has 412 valence electrons. The Morgan fingerprint density at radius 2 is 0.471 bits per heavy atom. The lowest BCUT2D eigenvalue weighted by molar-refractivity contribution is -0.167. The number of unbranched alkanes of at least 4 members (excludes halogenated alkanes) is 43. The van der Waals surface area contributed by atoms with Gasteiger partial charge in [-0.05, 0) is 70.6 Å². The highest BCUT2D eigenvalue weighted by atomic mass is 16.6. The number of ether oxygens (including phenoxy) is 3. The molecule has 0 aromatic rings. The largest absolute Gasteiger partial charge is 0.462 e. The molecule has 0 radical (unpaired) electrons. The number of hydrogen-bond acceptors (Lipinski definition) is 6. The lowest BCUT2D eigenvalue weighted by Gasteiger charge is -2.18. The number of carbonyl (C=O) groups excluding carboxylic acids is 3. The Morgan fingerprint density at radius 1 is 0.271 bits per heavy atom. The molecule has 6 nitrogen and oxygen atoms in total. The fourth-order valence-electron chi connectivity index (χ4n) is 9.44. The normalized spacial score (nSPS) is 12.1. The van der Waals surface area contributed by atoms with Gasteiger partial charge in [-0.15, -0.1) is 0 Å². The van der Waals surface area contributed by atoms with E-state index in [1.54, 1.807) is 0 Å². The molecule has 1 atom stereocenters. The van der Waals surface area contributed by atoms with Gasteiger partial charge in [-0.1, -0.05) is 283 Å². The van der Waals surface area contributed by atoms with Gasteiger partial charge in [0, 0.05) is 19.3 Å². The Morgan fingerprint density at radius 3 is 0.714 bits per heavy atom. The smallest absolute Gasteiger partial charge is 0.306 e. The topological polar surface area (TPSA) is 78.9 Å². The molecule has 0 aliphatic heterocycles. The van der Waals surface area contributed by atoms with E-state index in [-0.39, 0.29) is 31.1 Å². The summed E-state index contributed by atoms with van der Waals surface area (Å²) in [5.74, 6) is -0.859. The van der Waals surface area contributed by atoms with Crippen molar-refractivity contribution in [1.29, 1.82) is 0 Å². The minimum absolute atomic E-state index is 0.0707. The second-order valence-electron chi connectivity index (χ2n) is 21.3. The molecular formula is C64H120O6. The molecule has 70 heavy (non-hydrogen) atoms. The molecule has 0 spiro atoms. The first-order valence-corrected chi connectivity index (χ1v) is 31.3. The molecule has 0 N–H and O–H groups in total. The highest BCUT2D eigenvalue weighted by Crippen LogP contribution is 2.17. The van der Waals surface area contributed by atoms with Crippen molar-refractivity contribution in [3.05, 3.63) is 24.3 Å². The fourth-order valence-corrected chi connectivity index (χ4v) is 9.44. The van der Waals surface area contributed by atoms with E-state index in [1.165, 1.54) is 244 Å². The van der Waals surface area contributed by atoms with Crippen molar-refractivity contribution in [2.75, 3.05) is 13.2 Å². The van der Waals surface area contributed by atoms with Gasteiger partial charge in [0.05, 0.1) is 0 Å². The molecule has 0 aromatic heterocycles. The van der Waals surface area contributed by atoms with E-state index in [4.69, 9.17) is 14.2 Å². The maximum absolute atomic E-state index is 12.9. The van der Waals surface area contributed by atoms with Gasteiger partial charge in [0.15, 0.2) is 6.10 Å². The van der Waals surface area contributed by atoms with Crippen LogP contribution < -0.4 is 0 Å². The van der Waals surface area contributed by atoms with Crippen LogP contribution in [0.15, 0.2) is 24.3 Å². The van der Waals surface area contributed by atoms with Crippen LogP contribution in [-0.4, -0.2) is 37.2 Å². The molecule has 0 amide bonds. The van der Waals surface area contributed by atoms with Gasteiger partial charge in [-0.25, -0.2) is 0 Å². The van der Waals surface area contributed by atoms with Crippen LogP contribution in [0.2, 0.25) is 0 Å². The third-order valence-corrected chi connectivity index (χ3v) is 14.2. The van der Waals surface area contributed by atoms with Gasteiger partial charge in [-0.3, -0.25) is 14.4 Å². The highest BCUT2D eigenvalue weighted by molar-refractivity contribution is 5.71. The third-order valence-electron chi connectivity index (χ3n) is 14.2. The summed E-state index contributed by atoms with van der Waals surface area (Å²) < 4.78 is 16.9. The Balaban J connectivity index is 4.33. The van der Waals surface area contributed by atoms with Gasteiger partial charge in [-0.2, -0.15) is 0 Å². The first-order valence-electron chi connectivity index (χ1n) is 31.3. The zero-order chi connectivity index (χ0) is 50.7. The van der Waals surface area contributed by atoms with Crippen LogP contribution >= 0.6 is 0 Å². The van der Waals surface area contributed by atoms with Crippen molar-refractivity contribution in [2.45, 2.75) is 354 Å². The number of rotatable bonds is 58. The van der Waals surface area contributed by atoms with Gasteiger partial charge >= 0.3 is 17.9 Å². The summed E-state index contributed by atoms with van der Waals surface area (Å²) in [7, 11) is 0. The molecule has 0 heterocycles. The summed E-state index contributed by atoms with van der Waals surface area (Å²) in [6.45, 7) is 6.69. The van der Waals surface area contributed by atoms with E-state index < -0.39 is 6.10 Å². The first-order chi connectivity index (χ1) is 34.5. The molecule has 0 saturated heterocycles. The summed E-state index contributed by atoms with van der Waals surface area (Å²) in [5.41, 5.74) is 0. The second kappa shape index (κ2) is 59.5. The highest BCUT2D eigenvalue weighted by Gasteiger charge is 2.19. The van der Waals surface area contributed by atoms with E-state index in [0.717, 1.165) is 64.2 Å². The minimum Gasteiger partial charge on any atom is -0.462 e. The average molecular weight is 986 g/mol. The summed E-state index contributed by atoms with van der Waals surface area (Å²) in [4.78, 5) is 38.3. The standard InChI is InChI=1S/C64H120O6/c1-4-7-10-13-16-19-22-25-28-31-32-34-36-39-42-45-48-51-54-57-63(66)69-60-61(59-68-62(65)56-53-50-47-44-41-38-35-30-27-24-21-18-15-12-9-6-3)70-64(67)58-55-52-49-46-43-40-37-33-29-26-23-20-17-14-11-8-5-2/h26,29-30,35,61H,4-25,27-28,31-34,36-60H2,1-3H3/b29-26-,35-30-. The van der Waals surface area contributed by atoms with Crippen LogP contribution in [-0.2, 0) is 28.6 Å². The van der Waals surface area contributed by atoms with Crippen LogP contribution in [0.1, 0.15) is 348 Å². The van der Waals surface area contributed by atoms with E-state index in [9.17, 15) is 14.4 Å².